The molecule has 9 nitrogen and oxygen atoms in total. The number of para-hydroxylation sites is 2. The van der Waals surface area contributed by atoms with Gasteiger partial charge in [0.2, 0.25) is 11.1 Å². The van der Waals surface area contributed by atoms with Crippen LogP contribution in [-0.2, 0) is 4.79 Å². The predicted octanol–water partition coefficient (Wildman–Crippen LogP) is 3.54. The van der Waals surface area contributed by atoms with Gasteiger partial charge in [-0.2, -0.15) is 0 Å². The van der Waals surface area contributed by atoms with E-state index in [4.69, 9.17) is 10.3 Å². The van der Waals surface area contributed by atoms with Crippen LogP contribution >= 0.6 is 11.8 Å². The molecule has 0 spiro atoms. The summed E-state index contributed by atoms with van der Waals surface area (Å²) < 4.78 is 6.59. The van der Waals surface area contributed by atoms with Crippen LogP contribution in [0.15, 0.2) is 76.5 Å². The van der Waals surface area contributed by atoms with Crippen molar-refractivity contribution in [1.82, 2.24) is 14.9 Å². The van der Waals surface area contributed by atoms with Crippen LogP contribution in [0.3, 0.4) is 0 Å². The van der Waals surface area contributed by atoms with Crippen molar-refractivity contribution in [3.05, 3.63) is 78.3 Å². The van der Waals surface area contributed by atoms with E-state index in [2.05, 4.69) is 20.8 Å². The van der Waals surface area contributed by atoms with Crippen LogP contribution in [0.25, 0.3) is 11.4 Å². The Morgan fingerprint density at radius 2 is 1.78 bits per heavy atom. The lowest BCUT2D eigenvalue weighted by molar-refractivity contribution is -0.113. The maximum Gasteiger partial charge on any atom is 0.257 e. The van der Waals surface area contributed by atoms with E-state index < -0.39 is 0 Å². The molecule has 2 aromatic carbocycles. The molecule has 162 valence electrons. The van der Waals surface area contributed by atoms with Crippen molar-refractivity contribution >= 4 is 35.0 Å². The highest BCUT2D eigenvalue weighted by molar-refractivity contribution is 7.99. The van der Waals surface area contributed by atoms with Gasteiger partial charge >= 0.3 is 0 Å². The normalized spacial score (nSPS) is 10.7. The van der Waals surface area contributed by atoms with Gasteiger partial charge < -0.3 is 20.9 Å². The minimum atomic E-state index is -0.318. The zero-order valence-electron chi connectivity index (χ0n) is 17.1. The Morgan fingerprint density at radius 3 is 2.53 bits per heavy atom. The van der Waals surface area contributed by atoms with Crippen LogP contribution in [0.5, 0.6) is 0 Å². The minimum Gasteiger partial charge on any atom is -0.469 e. The molecule has 2 amide bonds. The summed E-state index contributed by atoms with van der Waals surface area (Å²) in [7, 11) is 0. The molecule has 32 heavy (non-hydrogen) atoms. The average Bonchev–Trinajstić information content (AvgIpc) is 3.38. The third kappa shape index (κ3) is 4.65. The second kappa shape index (κ2) is 9.40. The van der Waals surface area contributed by atoms with Crippen LogP contribution < -0.4 is 16.5 Å². The van der Waals surface area contributed by atoms with E-state index in [0.29, 0.717) is 33.7 Å². The van der Waals surface area contributed by atoms with Gasteiger partial charge in [-0.1, -0.05) is 42.1 Å². The van der Waals surface area contributed by atoms with Crippen molar-refractivity contribution in [2.24, 2.45) is 0 Å². The molecule has 2 heterocycles. The first-order chi connectivity index (χ1) is 15.5. The molecule has 0 atom stereocenters. The lowest BCUT2D eigenvalue weighted by Gasteiger charge is -2.11. The van der Waals surface area contributed by atoms with Gasteiger partial charge in [-0.3, -0.25) is 9.59 Å². The van der Waals surface area contributed by atoms with Gasteiger partial charge in [0.15, 0.2) is 5.82 Å². The maximum absolute atomic E-state index is 12.7. The molecule has 0 saturated heterocycles. The fraction of sp³-hybridized carbons (Fsp3) is 0.0909. The third-order valence-electron chi connectivity index (χ3n) is 4.57. The van der Waals surface area contributed by atoms with E-state index in [1.807, 2.05) is 18.2 Å². The van der Waals surface area contributed by atoms with Gasteiger partial charge in [0.25, 0.3) is 5.91 Å². The number of carbonyl (C=O) groups excluding carboxylic acids is 2. The van der Waals surface area contributed by atoms with Gasteiger partial charge in [0.1, 0.15) is 5.76 Å². The first-order valence-electron chi connectivity index (χ1n) is 9.66. The second-order valence-corrected chi connectivity index (χ2v) is 7.71. The maximum atomic E-state index is 12.7. The number of nitrogens with zero attached hydrogens (tertiary/aromatic N) is 3. The molecule has 0 unspecified atom stereocenters. The second-order valence-electron chi connectivity index (χ2n) is 6.77. The Kier molecular flexibility index (Phi) is 6.22. The number of amides is 2. The molecule has 0 fully saturated rings. The largest absolute Gasteiger partial charge is 0.469 e. The summed E-state index contributed by atoms with van der Waals surface area (Å²) >= 11 is 1.14. The number of thioether (sulfide) groups is 1. The van der Waals surface area contributed by atoms with Crippen LogP contribution in [0, 0.1) is 6.92 Å². The number of anilines is 2. The summed E-state index contributed by atoms with van der Waals surface area (Å²) in [6.07, 6.45) is 1.55. The zero-order valence-corrected chi connectivity index (χ0v) is 17.9. The van der Waals surface area contributed by atoms with Crippen molar-refractivity contribution in [2.45, 2.75) is 12.1 Å². The summed E-state index contributed by atoms with van der Waals surface area (Å²) in [6, 6.07) is 17.7. The van der Waals surface area contributed by atoms with Gasteiger partial charge in [-0.05, 0) is 37.3 Å². The van der Waals surface area contributed by atoms with E-state index in [9.17, 15) is 9.59 Å². The quantitative estimate of drug-likeness (QED) is 0.291. The highest BCUT2D eigenvalue weighted by Gasteiger charge is 2.18. The van der Waals surface area contributed by atoms with E-state index in [1.165, 1.54) is 4.68 Å². The Bertz CT molecular complexity index is 1250. The van der Waals surface area contributed by atoms with Crippen molar-refractivity contribution in [3.8, 4) is 11.4 Å². The molecule has 4 aromatic rings. The SMILES string of the molecule is Cc1occc1-c1nnc(SCC(=O)Nc2ccccc2C(=O)Nc2ccccc2)n1N. The number of hydrogen-bond acceptors (Lipinski definition) is 7. The molecule has 4 N–H and O–H groups in total. The fourth-order valence-corrected chi connectivity index (χ4v) is 3.66. The van der Waals surface area contributed by atoms with Crippen LogP contribution in [0.2, 0.25) is 0 Å². The minimum absolute atomic E-state index is 0.0361. The summed E-state index contributed by atoms with van der Waals surface area (Å²) in [5, 5.41) is 14.1. The van der Waals surface area contributed by atoms with E-state index in [0.717, 1.165) is 17.3 Å². The number of nitrogens with two attached hydrogens (primary N) is 1. The number of nitrogen functional groups attached to an aromatic ring is 1. The summed E-state index contributed by atoms with van der Waals surface area (Å²) in [4.78, 5) is 25.2. The lowest BCUT2D eigenvalue weighted by Crippen LogP contribution is -2.20. The molecule has 0 aliphatic carbocycles. The van der Waals surface area contributed by atoms with Crippen molar-refractivity contribution in [2.75, 3.05) is 22.2 Å². The molecule has 4 rings (SSSR count). The highest BCUT2D eigenvalue weighted by Crippen LogP contribution is 2.25. The van der Waals surface area contributed by atoms with Gasteiger partial charge in [0.05, 0.1) is 28.8 Å². The predicted molar refractivity (Wildman–Crippen MR) is 123 cm³/mol. The van der Waals surface area contributed by atoms with Gasteiger partial charge in [-0.15, -0.1) is 10.2 Å². The number of aromatic nitrogens is 3. The first kappa shape index (κ1) is 21.2. The van der Waals surface area contributed by atoms with Crippen molar-refractivity contribution < 1.29 is 14.0 Å². The molecule has 0 aliphatic heterocycles. The Hall–Kier alpha value is -4.05. The molecular formula is C22H20N6O3S. The number of benzene rings is 2. The summed E-state index contributed by atoms with van der Waals surface area (Å²) in [5.74, 6) is 6.61. The molecular weight excluding hydrogens is 428 g/mol. The smallest absolute Gasteiger partial charge is 0.257 e. The molecule has 0 saturated carbocycles. The standard InChI is InChI=1S/C22H20N6O3S/c1-14-16(11-12-31-14)20-26-27-22(28(20)23)32-13-19(29)25-18-10-6-5-9-17(18)21(30)24-15-7-3-2-4-8-15/h2-12H,13,23H2,1H3,(H,24,30)(H,25,29). The van der Waals surface area contributed by atoms with E-state index >= 15 is 0 Å². The molecule has 10 heteroatoms. The molecule has 0 radical (unpaired) electrons. The fourth-order valence-electron chi connectivity index (χ4n) is 3.00. The number of aryl methyl sites for hydroxylation is 1. The van der Waals surface area contributed by atoms with Crippen molar-refractivity contribution in [1.29, 1.82) is 0 Å². The molecule has 2 aromatic heterocycles. The highest BCUT2D eigenvalue weighted by atomic mass is 32.2. The Morgan fingerprint density at radius 1 is 1.03 bits per heavy atom. The Labute approximate surface area is 188 Å². The number of furan rings is 1. The number of nitrogens with one attached hydrogen (secondary N) is 2. The number of carbonyl (C=O) groups is 2. The number of hydrogen-bond donors (Lipinski definition) is 3. The van der Waals surface area contributed by atoms with Gasteiger partial charge in [0, 0.05) is 5.69 Å². The van der Waals surface area contributed by atoms with Crippen LogP contribution in [-0.4, -0.2) is 32.4 Å². The van der Waals surface area contributed by atoms with E-state index in [1.54, 1.807) is 55.7 Å². The first-order valence-corrected chi connectivity index (χ1v) is 10.6. The number of rotatable bonds is 7. The summed E-state index contributed by atoms with van der Waals surface area (Å²) in [6.45, 7) is 1.80. The van der Waals surface area contributed by atoms with E-state index in [-0.39, 0.29) is 17.6 Å². The molecule has 0 aliphatic rings. The topological polar surface area (TPSA) is 128 Å². The Balaban J connectivity index is 1.41. The average molecular weight is 449 g/mol. The van der Waals surface area contributed by atoms with Crippen LogP contribution in [0.1, 0.15) is 16.1 Å². The van der Waals surface area contributed by atoms with Crippen molar-refractivity contribution in [3.63, 3.8) is 0 Å². The third-order valence-corrected chi connectivity index (χ3v) is 5.52. The summed E-state index contributed by atoms with van der Waals surface area (Å²) in [5.41, 5.74) is 2.17. The van der Waals surface area contributed by atoms with Crippen LogP contribution in [0.4, 0.5) is 11.4 Å². The molecule has 0 bridgehead atoms. The van der Waals surface area contributed by atoms with Gasteiger partial charge in [-0.25, -0.2) is 4.68 Å². The lowest BCUT2D eigenvalue weighted by atomic mass is 10.1. The zero-order chi connectivity index (χ0) is 22.5. The monoisotopic (exact) mass is 448 g/mol.